The molecule has 3 heterocycles. The first-order valence-corrected chi connectivity index (χ1v) is 20.2. The molecule has 298 valence electrons. The quantitative estimate of drug-likeness (QED) is 0.155. The predicted molar refractivity (Wildman–Crippen MR) is 209 cm³/mol. The van der Waals surface area contributed by atoms with Gasteiger partial charge in [-0.15, -0.1) is 17.9 Å². The smallest absolute Gasteiger partial charge is 0.408 e. The first kappa shape index (κ1) is 38.0. The molecule has 1 aliphatic heterocycles. The Kier molecular flexibility index (Phi) is 9.05. The fourth-order valence-electron chi connectivity index (χ4n) is 9.13. The lowest BCUT2D eigenvalue weighted by Crippen LogP contribution is -2.59. The zero-order valence-electron chi connectivity index (χ0n) is 32.6. The number of hydrogen-bond donors (Lipinski definition) is 4. The van der Waals surface area contributed by atoms with Crippen molar-refractivity contribution < 1.29 is 38.5 Å². The Morgan fingerprint density at radius 1 is 1.05 bits per heavy atom. The van der Waals surface area contributed by atoms with Gasteiger partial charge in [-0.3, -0.25) is 9.59 Å². The summed E-state index contributed by atoms with van der Waals surface area (Å²) < 4.78 is 18.1. The molecule has 1 saturated heterocycles. The topological polar surface area (TPSA) is 181 Å². The average molecular weight is 787 g/mol. The Morgan fingerprint density at radius 3 is 2.41 bits per heavy atom. The molecular weight excluding hydrogens is 737 g/mol. The lowest BCUT2D eigenvalue weighted by molar-refractivity contribution is -0.146. The Hall–Kier alpha value is -4.92. The van der Waals surface area contributed by atoms with Crippen LogP contribution in [0.2, 0.25) is 0 Å². The summed E-state index contributed by atoms with van der Waals surface area (Å²) in [4.78, 5) is 65.6. The molecule has 3 aromatic rings. The standard InChI is InChI=1S/C41H50N6O8S/c1-8-22-14-41(22,35(50)51)46-33(48)30-12-24(17-47(30)34(49)32(38(4,5)6)45-37(52)55-25-15-39-19-40(39,16-25)20-39)54-31-13-28(29-18-56-36(44-29)42-21(2)3)43-27-11-23(53-7)9-10-26(27)31/h8-11,13,18,21-22,24-25,30,32H,1,12,14-17,19-20H2,2-7H3,(H,42,44)(H,45,52)(H,46,48)(H,50,51)/t22-,24-,25?,30+,32-,39?,40?,41-/m1/s1. The van der Waals surface area contributed by atoms with E-state index in [9.17, 15) is 24.3 Å². The largest absolute Gasteiger partial charge is 0.497 e. The molecule has 56 heavy (non-hydrogen) atoms. The summed E-state index contributed by atoms with van der Waals surface area (Å²) in [6.07, 6.45) is 4.39. The summed E-state index contributed by atoms with van der Waals surface area (Å²) in [6, 6.07) is 5.29. The number of anilines is 1. The Labute approximate surface area is 329 Å². The molecule has 4 saturated carbocycles. The van der Waals surface area contributed by atoms with Crippen molar-refractivity contribution in [2.45, 2.75) is 109 Å². The summed E-state index contributed by atoms with van der Waals surface area (Å²) in [6.45, 7) is 13.3. The summed E-state index contributed by atoms with van der Waals surface area (Å²) in [5, 5.41) is 22.4. The van der Waals surface area contributed by atoms with Crippen LogP contribution in [-0.4, -0.2) is 93.4 Å². The van der Waals surface area contributed by atoms with Crippen LogP contribution in [0.3, 0.4) is 0 Å². The molecule has 0 unspecified atom stereocenters. The highest BCUT2D eigenvalue weighted by atomic mass is 32.1. The van der Waals surface area contributed by atoms with Crippen LogP contribution in [0.25, 0.3) is 22.3 Å². The van der Waals surface area contributed by atoms with E-state index in [4.69, 9.17) is 24.2 Å². The second-order valence-electron chi connectivity index (χ2n) is 17.8. The minimum Gasteiger partial charge on any atom is -0.497 e. The number of thiazole rings is 1. The van der Waals surface area contributed by atoms with Gasteiger partial charge >= 0.3 is 12.1 Å². The molecule has 1 aromatic carbocycles. The Bertz CT molecular complexity index is 2110. The van der Waals surface area contributed by atoms with Crippen molar-refractivity contribution in [2.24, 2.45) is 22.2 Å². The number of nitrogens with zero attached hydrogens (tertiary/aromatic N) is 3. The molecular formula is C41H50N6O8S. The number of hydrogen-bond acceptors (Lipinski definition) is 11. The van der Waals surface area contributed by atoms with Crippen molar-refractivity contribution in [3.63, 3.8) is 0 Å². The van der Waals surface area contributed by atoms with E-state index >= 15 is 0 Å². The van der Waals surface area contributed by atoms with E-state index < -0.39 is 58.9 Å². The van der Waals surface area contributed by atoms with Gasteiger partial charge in [-0.25, -0.2) is 19.6 Å². The van der Waals surface area contributed by atoms with Crippen LogP contribution in [0, 0.1) is 22.2 Å². The third-order valence-corrected chi connectivity index (χ3v) is 13.2. The molecule has 0 bridgehead atoms. The maximum absolute atomic E-state index is 14.7. The number of ether oxygens (including phenoxy) is 3. The number of pyridine rings is 1. The van der Waals surface area contributed by atoms with Gasteiger partial charge in [0.05, 0.1) is 24.9 Å². The van der Waals surface area contributed by atoms with E-state index in [1.165, 1.54) is 35.2 Å². The highest BCUT2D eigenvalue weighted by molar-refractivity contribution is 7.14. The number of amides is 3. The van der Waals surface area contributed by atoms with E-state index in [0.717, 1.165) is 18.0 Å². The monoisotopic (exact) mass is 786 g/mol. The molecule has 0 spiro atoms. The predicted octanol–water partition coefficient (Wildman–Crippen LogP) is 5.76. The lowest BCUT2D eigenvalue weighted by Gasteiger charge is -2.35. The van der Waals surface area contributed by atoms with Crippen molar-refractivity contribution in [1.82, 2.24) is 25.5 Å². The summed E-state index contributed by atoms with van der Waals surface area (Å²) in [7, 11) is 1.58. The molecule has 4 N–H and O–H groups in total. The van der Waals surface area contributed by atoms with E-state index in [1.54, 1.807) is 25.3 Å². The number of likely N-dealkylation sites (tertiary alicyclic amines) is 1. The normalized spacial score (nSPS) is 30.2. The van der Waals surface area contributed by atoms with Crippen LogP contribution in [0.4, 0.5) is 9.93 Å². The van der Waals surface area contributed by atoms with E-state index in [1.807, 2.05) is 46.1 Å². The van der Waals surface area contributed by atoms with E-state index in [-0.39, 0.29) is 31.5 Å². The lowest BCUT2D eigenvalue weighted by atomic mass is 9.85. The van der Waals surface area contributed by atoms with Gasteiger partial charge in [-0.2, -0.15) is 0 Å². The first-order valence-electron chi connectivity index (χ1n) is 19.3. The number of carbonyl (C=O) groups is 4. The molecule has 0 radical (unpaired) electrons. The number of carboxylic acid groups (broad SMARTS) is 1. The number of nitrogens with one attached hydrogen (secondary N) is 3. The van der Waals surface area contributed by atoms with Gasteiger partial charge in [0.1, 0.15) is 47.0 Å². The molecule has 15 heteroatoms. The molecule has 3 amide bonds. The second kappa shape index (κ2) is 13.3. The van der Waals surface area contributed by atoms with Crippen LogP contribution in [-0.2, 0) is 19.1 Å². The summed E-state index contributed by atoms with van der Waals surface area (Å²) in [5.74, 6) is -1.66. The van der Waals surface area contributed by atoms with Crippen molar-refractivity contribution >= 4 is 51.2 Å². The number of benzene rings is 1. The first-order chi connectivity index (χ1) is 26.5. The fourth-order valence-corrected chi connectivity index (χ4v) is 9.98. The van der Waals surface area contributed by atoms with Gasteiger partial charge in [0.25, 0.3) is 0 Å². The van der Waals surface area contributed by atoms with Gasteiger partial charge in [-0.1, -0.05) is 26.8 Å². The minimum absolute atomic E-state index is 0.00663. The van der Waals surface area contributed by atoms with Crippen LogP contribution in [0.1, 0.15) is 73.1 Å². The molecule has 5 aliphatic rings. The highest BCUT2D eigenvalue weighted by Crippen LogP contribution is 2.93. The van der Waals surface area contributed by atoms with Gasteiger partial charge in [0.2, 0.25) is 11.8 Å². The number of carboxylic acids is 1. The third-order valence-electron chi connectivity index (χ3n) is 12.4. The van der Waals surface area contributed by atoms with Crippen molar-refractivity contribution in [3.05, 3.63) is 42.3 Å². The molecule has 4 aliphatic carbocycles. The Morgan fingerprint density at radius 2 is 1.79 bits per heavy atom. The maximum atomic E-state index is 14.7. The highest BCUT2D eigenvalue weighted by Gasteiger charge is 2.86. The number of fused-ring (bicyclic) bond motifs is 1. The number of rotatable bonds is 13. The molecule has 2 aromatic heterocycles. The van der Waals surface area contributed by atoms with Crippen LogP contribution in [0.5, 0.6) is 11.5 Å². The summed E-state index contributed by atoms with van der Waals surface area (Å²) >= 11 is 1.46. The van der Waals surface area contributed by atoms with Crippen molar-refractivity contribution in [3.8, 4) is 22.9 Å². The second-order valence-corrected chi connectivity index (χ2v) is 18.7. The van der Waals surface area contributed by atoms with Gasteiger partial charge in [0, 0.05) is 41.3 Å². The number of methoxy groups -OCH3 is 1. The summed E-state index contributed by atoms with van der Waals surface area (Å²) in [5.41, 5.74) is 0.255. The van der Waals surface area contributed by atoms with Crippen molar-refractivity contribution in [2.75, 3.05) is 19.0 Å². The number of aromatic nitrogens is 2. The zero-order valence-corrected chi connectivity index (χ0v) is 33.5. The van der Waals surface area contributed by atoms with E-state index in [0.29, 0.717) is 44.6 Å². The maximum Gasteiger partial charge on any atom is 0.408 e. The van der Waals surface area contributed by atoms with Crippen LogP contribution >= 0.6 is 11.3 Å². The minimum atomic E-state index is -1.51. The number of aliphatic carboxylic acids is 1. The molecule has 5 fully saturated rings. The molecule has 5 atom stereocenters. The van der Waals surface area contributed by atoms with Gasteiger partial charge < -0.3 is 40.2 Å². The van der Waals surface area contributed by atoms with Gasteiger partial charge in [-0.05, 0) is 74.3 Å². The SMILES string of the molecule is C=C[C@@H]1C[C@]1(NC(=O)[C@@H]1C[C@@H](Oc2cc(-c3csc(NC(C)C)n3)nc3cc(OC)ccc23)CN1C(=O)[C@@H](NC(=O)OC1CC23CC2(C1)C3)C(C)(C)C)C(=O)O. The fraction of sp³-hybridized carbons (Fsp3) is 0.561. The van der Waals surface area contributed by atoms with E-state index in [2.05, 4.69) is 22.5 Å². The third kappa shape index (κ3) is 6.71. The zero-order chi connectivity index (χ0) is 39.9. The number of carbonyl (C=O) groups excluding carboxylic acids is 3. The van der Waals surface area contributed by atoms with Crippen molar-refractivity contribution in [1.29, 1.82) is 0 Å². The van der Waals surface area contributed by atoms with Crippen LogP contribution in [0.15, 0.2) is 42.3 Å². The average Bonchev–Trinajstić information content (AvgIpc) is 3.91. The number of alkyl carbamates (subject to hydrolysis) is 1. The molecule has 14 nitrogen and oxygen atoms in total. The molecule has 8 rings (SSSR count). The van der Waals surface area contributed by atoms with Gasteiger partial charge in [0.15, 0.2) is 5.13 Å². The Balaban J connectivity index is 1.08. The van der Waals surface area contributed by atoms with Crippen LogP contribution < -0.4 is 25.4 Å².